The van der Waals surface area contributed by atoms with Gasteiger partial charge in [-0.05, 0) is 79.8 Å². The van der Waals surface area contributed by atoms with Gasteiger partial charge in [-0.1, -0.05) is 17.7 Å². The number of amides is 2. The second-order valence-corrected chi connectivity index (χ2v) is 9.56. The van der Waals surface area contributed by atoms with Crippen LogP contribution in [0, 0.1) is 11.6 Å². The average molecular weight is 528 g/mol. The van der Waals surface area contributed by atoms with E-state index in [-0.39, 0.29) is 30.1 Å². The lowest BCUT2D eigenvalue weighted by Crippen LogP contribution is -2.44. The van der Waals surface area contributed by atoms with Crippen molar-refractivity contribution < 1.29 is 23.1 Å². The van der Waals surface area contributed by atoms with Gasteiger partial charge in [-0.15, -0.1) is 0 Å². The third-order valence-electron chi connectivity index (χ3n) is 6.53. The summed E-state index contributed by atoms with van der Waals surface area (Å²) < 4.78 is 33.0. The Morgan fingerprint density at radius 2 is 1.70 bits per heavy atom. The number of carbonyl (C=O) groups excluding carboxylic acids is 2. The Bertz CT molecular complexity index is 1280. The Kier molecular flexibility index (Phi) is 8.41. The van der Waals surface area contributed by atoms with Gasteiger partial charge in [0.15, 0.2) is 0 Å². The van der Waals surface area contributed by atoms with Crippen molar-refractivity contribution >= 4 is 29.1 Å². The minimum atomic E-state index is -0.825. The second kappa shape index (κ2) is 11.7. The van der Waals surface area contributed by atoms with Crippen LogP contribution in [0.4, 0.5) is 14.5 Å². The van der Waals surface area contributed by atoms with Crippen LogP contribution < -0.4 is 15.8 Å². The molecule has 3 aromatic carbocycles. The fourth-order valence-corrected chi connectivity index (χ4v) is 4.73. The monoisotopic (exact) mass is 527 g/mol. The van der Waals surface area contributed by atoms with Crippen molar-refractivity contribution in [3.8, 4) is 5.75 Å². The minimum absolute atomic E-state index is 0.0542. The highest BCUT2D eigenvalue weighted by Gasteiger charge is 2.29. The molecule has 37 heavy (non-hydrogen) atoms. The lowest BCUT2D eigenvalue weighted by molar-refractivity contribution is 0.0605. The molecule has 3 aromatic rings. The van der Waals surface area contributed by atoms with Crippen molar-refractivity contribution in [2.24, 2.45) is 5.73 Å². The number of hydrogen-bond acceptors (Lipinski definition) is 4. The van der Waals surface area contributed by atoms with Crippen molar-refractivity contribution in [1.82, 2.24) is 4.90 Å². The van der Waals surface area contributed by atoms with E-state index >= 15 is 0 Å². The number of methoxy groups -OCH3 is 1. The number of hydrogen-bond donors (Lipinski definition) is 2. The zero-order chi connectivity index (χ0) is 26.5. The number of carbonyl (C=O) groups is 2. The van der Waals surface area contributed by atoms with Crippen LogP contribution in [-0.2, 0) is 6.54 Å². The van der Waals surface area contributed by atoms with Gasteiger partial charge in [0.2, 0.25) is 0 Å². The number of ether oxygens (including phenoxy) is 1. The van der Waals surface area contributed by atoms with Crippen molar-refractivity contribution in [2.45, 2.75) is 44.3 Å². The average Bonchev–Trinajstić information content (AvgIpc) is 2.88. The molecule has 0 heterocycles. The molecule has 0 atom stereocenters. The molecule has 0 radical (unpaired) electrons. The maximum absolute atomic E-state index is 13.9. The van der Waals surface area contributed by atoms with Gasteiger partial charge < -0.3 is 20.7 Å². The molecule has 0 aliphatic heterocycles. The second-order valence-electron chi connectivity index (χ2n) is 9.15. The van der Waals surface area contributed by atoms with E-state index < -0.39 is 17.5 Å². The van der Waals surface area contributed by atoms with Gasteiger partial charge in [0.25, 0.3) is 11.8 Å². The van der Waals surface area contributed by atoms with E-state index in [1.165, 1.54) is 7.11 Å². The van der Waals surface area contributed by atoms with Crippen LogP contribution in [0.3, 0.4) is 0 Å². The fourth-order valence-electron chi connectivity index (χ4n) is 4.55. The first-order valence-electron chi connectivity index (χ1n) is 12.0. The molecule has 0 spiro atoms. The third kappa shape index (κ3) is 6.64. The molecule has 9 heteroatoms. The summed E-state index contributed by atoms with van der Waals surface area (Å²) in [4.78, 5) is 27.9. The molecule has 2 amide bonds. The van der Waals surface area contributed by atoms with Crippen LogP contribution in [-0.4, -0.2) is 35.9 Å². The van der Waals surface area contributed by atoms with E-state index in [4.69, 9.17) is 22.1 Å². The van der Waals surface area contributed by atoms with Gasteiger partial charge in [-0.2, -0.15) is 0 Å². The van der Waals surface area contributed by atoms with Crippen molar-refractivity contribution in [1.29, 1.82) is 0 Å². The summed E-state index contributed by atoms with van der Waals surface area (Å²) in [6.07, 6.45) is 2.79. The third-order valence-corrected chi connectivity index (χ3v) is 6.90. The molecule has 0 aromatic heterocycles. The van der Waals surface area contributed by atoms with Gasteiger partial charge in [-0.25, -0.2) is 8.78 Å². The highest BCUT2D eigenvalue weighted by atomic mass is 35.5. The first-order chi connectivity index (χ1) is 17.7. The molecule has 194 valence electrons. The predicted molar refractivity (Wildman–Crippen MR) is 139 cm³/mol. The highest BCUT2D eigenvalue weighted by molar-refractivity contribution is 6.31. The van der Waals surface area contributed by atoms with Crippen LogP contribution in [0.15, 0.2) is 60.7 Å². The van der Waals surface area contributed by atoms with E-state index in [1.54, 1.807) is 47.4 Å². The number of nitrogens with one attached hydrogen (secondary N) is 1. The van der Waals surface area contributed by atoms with Crippen LogP contribution in [0.25, 0.3) is 0 Å². The number of nitrogens with two attached hydrogens (primary N) is 1. The molecule has 1 fully saturated rings. The molecule has 3 N–H and O–H groups in total. The number of benzene rings is 3. The van der Waals surface area contributed by atoms with Crippen LogP contribution in [0.1, 0.15) is 52.0 Å². The Balaban J connectivity index is 1.60. The van der Waals surface area contributed by atoms with E-state index in [2.05, 4.69) is 5.32 Å². The zero-order valence-corrected chi connectivity index (χ0v) is 21.1. The molecule has 0 saturated heterocycles. The minimum Gasteiger partial charge on any atom is -0.497 e. The van der Waals surface area contributed by atoms with E-state index in [1.807, 2.05) is 0 Å². The van der Waals surface area contributed by atoms with Gasteiger partial charge in [0, 0.05) is 46.5 Å². The summed E-state index contributed by atoms with van der Waals surface area (Å²) in [5.41, 5.74) is 7.48. The summed E-state index contributed by atoms with van der Waals surface area (Å²) in [7, 11) is 1.52. The molecule has 0 unspecified atom stereocenters. The van der Waals surface area contributed by atoms with Gasteiger partial charge >= 0.3 is 0 Å². The summed E-state index contributed by atoms with van der Waals surface area (Å²) in [6, 6.07) is 14.4. The predicted octanol–water partition coefficient (Wildman–Crippen LogP) is 5.79. The standard InChI is InChI=1S/C28H28ClF2N3O3/c1-37-25-4-2-3-17(14-25)27(35)33-23-7-10-26(29)19(13-23)16-34(24-8-5-22(32)6-9-24)28(36)18-11-20(30)15-21(31)12-18/h2-4,7,10-15,22,24H,5-6,8-9,16,32H2,1H3,(H,33,35). The van der Waals surface area contributed by atoms with Crippen LogP contribution in [0.2, 0.25) is 5.02 Å². The quantitative estimate of drug-likeness (QED) is 0.407. The first kappa shape index (κ1) is 26.6. The van der Waals surface area contributed by atoms with Crippen molar-refractivity contribution in [3.63, 3.8) is 0 Å². The maximum atomic E-state index is 13.9. The van der Waals surface area contributed by atoms with Crippen molar-refractivity contribution in [2.75, 3.05) is 12.4 Å². The van der Waals surface area contributed by atoms with E-state index in [0.717, 1.165) is 31.0 Å². The number of nitrogens with zero attached hydrogens (tertiary/aromatic N) is 1. The van der Waals surface area contributed by atoms with E-state index in [0.29, 0.717) is 40.4 Å². The fraction of sp³-hybridized carbons (Fsp3) is 0.286. The van der Waals surface area contributed by atoms with Gasteiger partial charge in [-0.3, -0.25) is 9.59 Å². The Morgan fingerprint density at radius 3 is 2.38 bits per heavy atom. The molecule has 1 aliphatic rings. The summed E-state index contributed by atoms with van der Waals surface area (Å²) in [5, 5.41) is 3.24. The number of anilines is 1. The summed E-state index contributed by atoms with van der Waals surface area (Å²) >= 11 is 6.49. The lowest BCUT2D eigenvalue weighted by Gasteiger charge is -2.36. The highest BCUT2D eigenvalue weighted by Crippen LogP contribution is 2.29. The van der Waals surface area contributed by atoms with Crippen LogP contribution >= 0.6 is 11.6 Å². The number of halogens is 3. The molecule has 6 nitrogen and oxygen atoms in total. The maximum Gasteiger partial charge on any atom is 0.255 e. The smallest absolute Gasteiger partial charge is 0.255 e. The Morgan fingerprint density at radius 1 is 1.00 bits per heavy atom. The normalized spacial score (nSPS) is 17.2. The summed E-state index contributed by atoms with van der Waals surface area (Å²) in [5.74, 6) is -1.93. The molecule has 0 bridgehead atoms. The molecular formula is C28H28ClF2N3O3. The molecular weight excluding hydrogens is 500 g/mol. The summed E-state index contributed by atoms with van der Waals surface area (Å²) in [6.45, 7) is 0.0958. The Hall–Kier alpha value is -3.49. The van der Waals surface area contributed by atoms with E-state index in [9.17, 15) is 18.4 Å². The van der Waals surface area contributed by atoms with Crippen molar-refractivity contribution in [3.05, 3.63) is 94.0 Å². The van der Waals surface area contributed by atoms with Gasteiger partial charge in [0.1, 0.15) is 17.4 Å². The molecule has 1 aliphatic carbocycles. The zero-order valence-electron chi connectivity index (χ0n) is 20.3. The number of rotatable bonds is 7. The Labute approximate surface area is 219 Å². The molecule has 1 saturated carbocycles. The van der Waals surface area contributed by atoms with Crippen LogP contribution in [0.5, 0.6) is 5.75 Å². The molecule has 4 rings (SSSR count). The SMILES string of the molecule is COc1cccc(C(=O)Nc2ccc(Cl)c(CN(C(=O)c3cc(F)cc(F)c3)C3CCC(N)CC3)c2)c1. The van der Waals surface area contributed by atoms with Gasteiger partial charge in [0.05, 0.1) is 7.11 Å². The lowest BCUT2D eigenvalue weighted by atomic mass is 9.90. The largest absolute Gasteiger partial charge is 0.497 e. The first-order valence-corrected chi connectivity index (χ1v) is 12.4. The topological polar surface area (TPSA) is 84.7 Å².